The van der Waals surface area contributed by atoms with Crippen molar-refractivity contribution in [3.8, 4) is 5.69 Å². The van der Waals surface area contributed by atoms with Gasteiger partial charge in [0, 0.05) is 6.07 Å². The van der Waals surface area contributed by atoms with Crippen LogP contribution in [0.3, 0.4) is 0 Å². The molecule has 0 radical (unpaired) electrons. The van der Waals surface area contributed by atoms with Crippen LogP contribution in [0.2, 0.25) is 0 Å². The van der Waals surface area contributed by atoms with E-state index in [0.717, 1.165) is 18.6 Å². The monoisotopic (exact) mass is 252 g/mol. The van der Waals surface area contributed by atoms with Crippen molar-refractivity contribution in [3.63, 3.8) is 0 Å². The summed E-state index contributed by atoms with van der Waals surface area (Å²) in [6, 6.07) is 2.26. The molecule has 1 heterocycles. The predicted octanol–water partition coefficient (Wildman–Crippen LogP) is 1.75. The van der Waals surface area contributed by atoms with Gasteiger partial charge in [-0.1, -0.05) is 5.21 Å². The number of rotatable bonds is 4. The number of nitrogens with two attached hydrogens (primary N) is 1. The van der Waals surface area contributed by atoms with Crippen LogP contribution in [0.15, 0.2) is 18.3 Å². The molecule has 96 valence electrons. The summed E-state index contributed by atoms with van der Waals surface area (Å²) in [7, 11) is 0. The molecule has 2 N–H and O–H groups in total. The molecule has 0 bridgehead atoms. The molecule has 0 atom stereocenters. The third kappa shape index (κ3) is 2.53. The van der Waals surface area contributed by atoms with E-state index in [9.17, 15) is 8.78 Å². The van der Waals surface area contributed by atoms with Crippen LogP contribution in [-0.4, -0.2) is 21.5 Å². The van der Waals surface area contributed by atoms with Gasteiger partial charge in [0.15, 0.2) is 0 Å². The Kier molecular flexibility index (Phi) is 3.66. The van der Waals surface area contributed by atoms with E-state index in [1.54, 1.807) is 6.20 Å². The van der Waals surface area contributed by atoms with Crippen LogP contribution in [0, 0.1) is 18.6 Å². The summed E-state index contributed by atoms with van der Waals surface area (Å²) in [5, 5.41) is 7.68. The van der Waals surface area contributed by atoms with Crippen molar-refractivity contribution in [1.29, 1.82) is 0 Å². The number of aromatic nitrogens is 3. The Bertz CT molecular complexity index is 551. The van der Waals surface area contributed by atoms with Gasteiger partial charge in [-0.15, -0.1) is 5.10 Å². The molecule has 4 nitrogen and oxygen atoms in total. The number of hydrogen-bond acceptors (Lipinski definition) is 3. The maximum atomic E-state index is 13.7. The number of benzene rings is 1. The molecule has 0 aliphatic carbocycles. The van der Waals surface area contributed by atoms with Crippen LogP contribution in [0.4, 0.5) is 8.78 Å². The Morgan fingerprint density at radius 3 is 2.78 bits per heavy atom. The molecular formula is C12H14F2N4. The first-order valence-electron chi connectivity index (χ1n) is 5.69. The molecule has 2 rings (SSSR count). The first-order valence-corrected chi connectivity index (χ1v) is 5.69. The van der Waals surface area contributed by atoms with Gasteiger partial charge in [0.05, 0.1) is 11.9 Å². The van der Waals surface area contributed by atoms with Crippen molar-refractivity contribution in [2.75, 3.05) is 6.54 Å². The largest absolute Gasteiger partial charge is 0.330 e. The normalized spacial score (nSPS) is 10.9. The first kappa shape index (κ1) is 12.6. The smallest absolute Gasteiger partial charge is 0.149 e. The van der Waals surface area contributed by atoms with Gasteiger partial charge in [-0.3, -0.25) is 0 Å². The molecule has 0 saturated heterocycles. The fraction of sp³-hybridized carbons (Fsp3) is 0.333. The van der Waals surface area contributed by atoms with Crippen molar-refractivity contribution in [1.82, 2.24) is 15.0 Å². The number of nitrogens with zero attached hydrogens (tertiary/aromatic N) is 3. The van der Waals surface area contributed by atoms with Crippen LogP contribution >= 0.6 is 0 Å². The van der Waals surface area contributed by atoms with Gasteiger partial charge in [-0.05, 0) is 37.9 Å². The summed E-state index contributed by atoms with van der Waals surface area (Å²) in [4.78, 5) is 0. The van der Waals surface area contributed by atoms with Gasteiger partial charge in [0.2, 0.25) is 0 Å². The fourth-order valence-electron chi connectivity index (χ4n) is 1.63. The van der Waals surface area contributed by atoms with Crippen molar-refractivity contribution in [2.45, 2.75) is 19.8 Å². The van der Waals surface area contributed by atoms with E-state index < -0.39 is 11.6 Å². The van der Waals surface area contributed by atoms with Gasteiger partial charge in [0.1, 0.15) is 17.3 Å². The third-order valence-corrected chi connectivity index (χ3v) is 2.65. The lowest BCUT2D eigenvalue weighted by atomic mass is 10.2. The van der Waals surface area contributed by atoms with E-state index in [2.05, 4.69) is 10.3 Å². The van der Waals surface area contributed by atoms with E-state index in [0.29, 0.717) is 18.7 Å². The maximum Gasteiger partial charge on any atom is 0.149 e. The Morgan fingerprint density at radius 2 is 2.06 bits per heavy atom. The second-order valence-electron chi connectivity index (χ2n) is 4.10. The average Bonchev–Trinajstić information content (AvgIpc) is 2.79. The predicted molar refractivity (Wildman–Crippen MR) is 63.4 cm³/mol. The van der Waals surface area contributed by atoms with Gasteiger partial charge in [-0.2, -0.15) is 0 Å². The third-order valence-electron chi connectivity index (χ3n) is 2.65. The first-order chi connectivity index (χ1) is 8.61. The Labute approximate surface area is 103 Å². The minimum Gasteiger partial charge on any atom is -0.330 e. The zero-order valence-electron chi connectivity index (χ0n) is 10.0. The SMILES string of the molecule is Cc1cc(F)c(-n2cc(CCCN)nn2)cc1F. The summed E-state index contributed by atoms with van der Waals surface area (Å²) >= 11 is 0. The summed E-state index contributed by atoms with van der Waals surface area (Å²) in [6.45, 7) is 2.07. The van der Waals surface area contributed by atoms with Crippen molar-refractivity contribution >= 4 is 0 Å². The molecule has 0 aliphatic heterocycles. The number of halogens is 2. The highest BCUT2D eigenvalue weighted by Crippen LogP contribution is 2.17. The zero-order chi connectivity index (χ0) is 13.1. The molecule has 0 amide bonds. The second kappa shape index (κ2) is 5.22. The summed E-state index contributed by atoms with van der Waals surface area (Å²) in [6.07, 6.45) is 3.04. The van der Waals surface area contributed by atoms with Crippen molar-refractivity contribution < 1.29 is 8.78 Å². The molecule has 1 aromatic heterocycles. The van der Waals surface area contributed by atoms with Crippen molar-refractivity contribution in [3.05, 3.63) is 41.2 Å². The zero-order valence-corrected chi connectivity index (χ0v) is 10.0. The number of aryl methyl sites for hydroxylation is 2. The number of hydrogen-bond donors (Lipinski definition) is 1. The maximum absolute atomic E-state index is 13.7. The van der Waals surface area contributed by atoms with Crippen LogP contribution in [0.1, 0.15) is 17.7 Å². The quantitative estimate of drug-likeness (QED) is 0.901. The highest BCUT2D eigenvalue weighted by molar-refractivity contribution is 5.36. The molecule has 0 saturated carbocycles. The Hall–Kier alpha value is -1.82. The molecule has 0 fully saturated rings. The van der Waals surface area contributed by atoms with Gasteiger partial charge < -0.3 is 5.73 Å². The van der Waals surface area contributed by atoms with Gasteiger partial charge in [-0.25, -0.2) is 13.5 Å². The minimum atomic E-state index is -0.524. The van der Waals surface area contributed by atoms with E-state index in [-0.39, 0.29) is 11.3 Å². The molecule has 0 aliphatic rings. The summed E-state index contributed by atoms with van der Waals surface area (Å²) < 4.78 is 28.4. The molecule has 18 heavy (non-hydrogen) atoms. The van der Waals surface area contributed by atoms with E-state index >= 15 is 0 Å². The lowest BCUT2D eigenvalue weighted by molar-refractivity contribution is 0.578. The van der Waals surface area contributed by atoms with Crippen LogP contribution in [0.5, 0.6) is 0 Å². The molecule has 0 unspecified atom stereocenters. The van der Waals surface area contributed by atoms with Crippen LogP contribution in [-0.2, 0) is 6.42 Å². The van der Waals surface area contributed by atoms with Crippen molar-refractivity contribution in [2.24, 2.45) is 5.73 Å². The van der Waals surface area contributed by atoms with Crippen LogP contribution in [0.25, 0.3) is 5.69 Å². The highest BCUT2D eigenvalue weighted by atomic mass is 19.1. The summed E-state index contributed by atoms with van der Waals surface area (Å²) in [5.74, 6) is -0.991. The molecular weight excluding hydrogens is 238 g/mol. The standard InChI is InChI=1S/C12H14F2N4/c1-8-5-11(14)12(6-10(8)13)18-7-9(16-17-18)3-2-4-15/h5-7H,2-4,15H2,1H3. The van der Waals surface area contributed by atoms with E-state index in [1.165, 1.54) is 11.6 Å². The topological polar surface area (TPSA) is 56.7 Å². The molecule has 6 heteroatoms. The Morgan fingerprint density at radius 1 is 1.28 bits per heavy atom. The molecule has 1 aromatic carbocycles. The average molecular weight is 252 g/mol. The fourth-order valence-corrected chi connectivity index (χ4v) is 1.63. The van der Waals surface area contributed by atoms with Gasteiger partial charge >= 0.3 is 0 Å². The summed E-state index contributed by atoms with van der Waals surface area (Å²) in [5.41, 5.74) is 6.42. The Balaban J connectivity index is 2.31. The second-order valence-corrected chi connectivity index (χ2v) is 4.10. The minimum absolute atomic E-state index is 0.0598. The van der Waals surface area contributed by atoms with Crippen LogP contribution < -0.4 is 5.73 Å². The van der Waals surface area contributed by atoms with E-state index in [4.69, 9.17) is 5.73 Å². The lowest BCUT2D eigenvalue weighted by Gasteiger charge is -2.04. The molecule has 2 aromatic rings. The lowest BCUT2D eigenvalue weighted by Crippen LogP contribution is -2.01. The molecule has 0 spiro atoms. The highest BCUT2D eigenvalue weighted by Gasteiger charge is 2.11. The van der Waals surface area contributed by atoms with Gasteiger partial charge in [0.25, 0.3) is 0 Å². The van der Waals surface area contributed by atoms with E-state index in [1.807, 2.05) is 0 Å².